The number of nitrogens with two attached hydrogens (primary N) is 1. The molecule has 6 heteroatoms. The van der Waals surface area contributed by atoms with Gasteiger partial charge in [-0.25, -0.2) is 13.6 Å². The predicted molar refractivity (Wildman–Crippen MR) is 64.4 cm³/mol. The number of hydrogen-bond acceptors (Lipinski definition) is 4. The lowest BCUT2D eigenvalue weighted by atomic mass is 10.0. The molecule has 0 radical (unpaired) electrons. The molecule has 0 saturated carbocycles. The van der Waals surface area contributed by atoms with Crippen LogP contribution in [0.5, 0.6) is 5.75 Å². The lowest BCUT2D eigenvalue weighted by Gasteiger charge is -2.14. The maximum absolute atomic E-state index is 11.5. The molecule has 0 unspecified atom stereocenters. The van der Waals surface area contributed by atoms with Crippen molar-refractivity contribution in [3.8, 4) is 5.75 Å². The molecule has 0 aromatic heterocycles. The van der Waals surface area contributed by atoms with Gasteiger partial charge in [0.1, 0.15) is 10.6 Å². The van der Waals surface area contributed by atoms with E-state index >= 15 is 0 Å². The standard InChI is InChI=1S/C11H16N2O3S/c1-16-11-9-7-13-6-2-3-8(9)4-5-10(11)17(12,14)15/h4-5,13H,2-3,6-7H2,1H3,(H2,12,14,15). The van der Waals surface area contributed by atoms with E-state index in [1.807, 2.05) is 6.07 Å². The van der Waals surface area contributed by atoms with Crippen molar-refractivity contribution in [2.24, 2.45) is 5.14 Å². The van der Waals surface area contributed by atoms with Crippen molar-refractivity contribution < 1.29 is 13.2 Å². The number of sulfonamides is 1. The highest BCUT2D eigenvalue weighted by Gasteiger charge is 2.21. The summed E-state index contributed by atoms with van der Waals surface area (Å²) in [5.41, 5.74) is 2.02. The fraction of sp³-hybridized carbons (Fsp3) is 0.455. The maximum Gasteiger partial charge on any atom is 0.241 e. The zero-order valence-corrected chi connectivity index (χ0v) is 10.5. The zero-order chi connectivity index (χ0) is 12.5. The summed E-state index contributed by atoms with van der Waals surface area (Å²) in [5.74, 6) is 0.374. The van der Waals surface area contributed by atoms with Crippen molar-refractivity contribution in [2.45, 2.75) is 24.3 Å². The van der Waals surface area contributed by atoms with Gasteiger partial charge in [-0.15, -0.1) is 0 Å². The van der Waals surface area contributed by atoms with Gasteiger partial charge in [0.2, 0.25) is 10.0 Å². The van der Waals surface area contributed by atoms with Crippen molar-refractivity contribution >= 4 is 10.0 Å². The third kappa shape index (κ3) is 2.43. The fourth-order valence-electron chi connectivity index (χ4n) is 2.14. The number of benzene rings is 1. The summed E-state index contributed by atoms with van der Waals surface area (Å²) < 4.78 is 28.2. The smallest absolute Gasteiger partial charge is 0.241 e. The van der Waals surface area contributed by atoms with E-state index in [2.05, 4.69) is 5.32 Å². The fourth-order valence-corrected chi connectivity index (χ4v) is 2.86. The molecule has 17 heavy (non-hydrogen) atoms. The number of primary sulfonamides is 1. The molecule has 0 bridgehead atoms. The third-order valence-electron chi connectivity index (χ3n) is 2.93. The van der Waals surface area contributed by atoms with Crippen LogP contribution in [0.15, 0.2) is 17.0 Å². The van der Waals surface area contributed by atoms with E-state index in [0.717, 1.165) is 30.5 Å². The Morgan fingerprint density at radius 2 is 2.18 bits per heavy atom. The summed E-state index contributed by atoms with van der Waals surface area (Å²) >= 11 is 0. The van der Waals surface area contributed by atoms with Crippen molar-refractivity contribution in [1.29, 1.82) is 0 Å². The zero-order valence-electron chi connectivity index (χ0n) is 9.69. The summed E-state index contributed by atoms with van der Waals surface area (Å²) in [6.07, 6.45) is 1.95. The Balaban J connectivity index is 2.63. The Bertz CT molecular complexity index is 526. The van der Waals surface area contributed by atoms with E-state index in [1.54, 1.807) is 0 Å². The average molecular weight is 256 g/mol. The van der Waals surface area contributed by atoms with Gasteiger partial charge in [-0.2, -0.15) is 0 Å². The van der Waals surface area contributed by atoms with Crippen LogP contribution in [-0.2, 0) is 23.0 Å². The van der Waals surface area contributed by atoms with Crippen LogP contribution in [-0.4, -0.2) is 22.1 Å². The van der Waals surface area contributed by atoms with Gasteiger partial charge in [0.25, 0.3) is 0 Å². The highest BCUT2D eigenvalue weighted by Crippen LogP contribution is 2.31. The molecule has 1 aliphatic heterocycles. The van der Waals surface area contributed by atoms with Crippen LogP contribution < -0.4 is 15.2 Å². The molecule has 1 heterocycles. The molecule has 2 rings (SSSR count). The SMILES string of the molecule is COc1c(S(N)(=O)=O)ccc2c1CNCCC2. The molecular weight excluding hydrogens is 240 g/mol. The van der Waals surface area contributed by atoms with Crippen LogP contribution in [0.2, 0.25) is 0 Å². The Hall–Kier alpha value is -1.11. The molecule has 0 saturated heterocycles. The van der Waals surface area contributed by atoms with Gasteiger partial charge in [-0.3, -0.25) is 0 Å². The van der Waals surface area contributed by atoms with Gasteiger partial charge < -0.3 is 10.1 Å². The van der Waals surface area contributed by atoms with E-state index in [0.29, 0.717) is 12.3 Å². The van der Waals surface area contributed by atoms with E-state index < -0.39 is 10.0 Å². The van der Waals surface area contributed by atoms with Gasteiger partial charge in [0.05, 0.1) is 7.11 Å². The number of ether oxygens (including phenoxy) is 1. The second kappa shape index (κ2) is 4.64. The Morgan fingerprint density at radius 1 is 1.41 bits per heavy atom. The minimum Gasteiger partial charge on any atom is -0.495 e. The van der Waals surface area contributed by atoms with Crippen molar-refractivity contribution in [1.82, 2.24) is 5.32 Å². The summed E-state index contributed by atoms with van der Waals surface area (Å²) in [5, 5.41) is 8.42. The van der Waals surface area contributed by atoms with Crippen LogP contribution >= 0.6 is 0 Å². The number of nitrogens with one attached hydrogen (secondary N) is 1. The normalized spacial score (nSPS) is 16.1. The van der Waals surface area contributed by atoms with Crippen LogP contribution in [0.3, 0.4) is 0 Å². The van der Waals surface area contributed by atoms with Gasteiger partial charge in [0, 0.05) is 12.1 Å². The molecule has 0 spiro atoms. The van der Waals surface area contributed by atoms with Gasteiger partial charge in [-0.05, 0) is 31.0 Å². The minimum absolute atomic E-state index is 0.0578. The first kappa shape index (κ1) is 12.3. The molecule has 0 fully saturated rings. The average Bonchev–Trinajstić information content (AvgIpc) is 2.50. The van der Waals surface area contributed by atoms with Crippen molar-refractivity contribution in [3.63, 3.8) is 0 Å². The second-order valence-electron chi connectivity index (χ2n) is 4.06. The van der Waals surface area contributed by atoms with Crippen molar-refractivity contribution in [3.05, 3.63) is 23.3 Å². The number of aryl methyl sites for hydroxylation is 1. The molecular formula is C11H16N2O3S. The lowest BCUT2D eigenvalue weighted by molar-refractivity contribution is 0.396. The Morgan fingerprint density at radius 3 is 2.82 bits per heavy atom. The van der Waals surface area contributed by atoms with E-state index in [4.69, 9.17) is 9.88 Å². The molecule has 94 valence electrons. The predicted octanol–water partition coefficient (Wildman–Crippen LogP) is 0.378. The van der Waals surface area contributed by atoms with Gasteiger partial charge in [-0.1, -0.05) is 6.07 Å². The molecule has 0 aliphatic carbocycles. The molecule has 1 aliphatic rings. The van der Waals surface area contributed by atoms with Crippen LogP contribution in [0.1, 0.15) is 17.5 Å². The first-order chi connectivity index (χ1) is 8.04. The van der Waals surface area contributed by atoms with Gasteiger partial charge in [0.15, 0.2) is 0 Å². The second-order valence-corrected chi connectivity index (χ2v) is 5.59. The third-order valence-corrected chi connectivity index (χ3v) is 3.87. The molecule has 3 N–H and O–H groups in total. The number of rotatable bonds is 2. The van der Waals surface area contributed by atoms with E-state index in [1.165, 1.54) is 13.2 Å². The highest BCUT2D eigenvalue weighted by atomic mass is 32.2. The topological polar surface area (TPSA) is 81.4 Å². The van der Waals surface area contributed by atoms with Crippen molar-refractivity contribution in [2.75, 3.05) is 13.7 Å². The first-order valence-electron chi connectivity index (χ1n) is 5.46. The summed E-state index contributed by atoms with van der Waals surface area (Å²) in [6, 6.07) is 3.35. The molecule has 1 aromatic rings. The van der Waals surface area contributed by atoms with E-state index in [-0.39, 0.29) is 4.90 Å². The molecule has 0 amide bonds. The summed E-state index contributed by atoms with van der Waals surface area (Å²) in [4.78, 5) is 0.0578. The summed E-state index contributed by atoms with van der Waals surface area (Å²) in [7, 11) is -2.28. The maximum atomic E-state index is 11.5. The highest BCUT2D eigenvalue weighted by molar-refractivity contribution is 7.89. The molecule has 1 aromatic carbocycles. The number of hydrogen-bond donors (Lipinski definition) is 2. The number of methoxy groups -OCH3 is 1. The first-order valence-corrected chi connectivity index (χ1v) is 7.01. The monoisotopic (exact) mass is 256 g/mol. The van der Waals surface area contributed by atoms with Crippen LogP contribution in [0.4, 0.5) is 0 Å². The summed E-state index contributed by atoms with van der Waals surface area (Å²) in [6.45, 7) is 1.53. The van der Waals surface area contributed by atoms with Gasteiger partial charge >= 0.3 is 0 Å². The molecule has 0 atom stereocenters. The Kier molecular flexibility index (Phi) is 3.37. The lowest BCUT2D eigenvalue weighted by Crippen LogP contribution is -2.17. The quantitative estimate of drug-likeness (QED) is 0.801. The van der Waals surface area contributed by atoms with Crippen LogP contribution in [0.25, 0.3) is 0 Å². The Labute approximate surface area is 101 Å². The number of fused-ring (bicyclic) bond motifs is 1. The minimum atomic E-state index is -3.74. The van der Waals surface area contributed by atoms with Crippen LogP contribution in [0, 0.1) is 0 Å². The molecule has 5 nitrogen and oxygen atoms in total. The largest absolute Gasteiger partial charge is 0.495 e. The van der Waals surface area contributed by atoms with E-state index in [9.17, 15) is 8.42 Å².